The predicted octanol–water partition coefficient (Wildman–Crippen LogP) is 6.46. The summed E-state index contributed by atoms with van der Waals surface area (Å²) in [6, 6.07) is 22.5. The van der Waals surface area contributed by atoms with Gasteiger partial charge in [-0.25, -0.2) is 9.78 Å². The third-order valence-electron chi connectivity index (χ3n) is 4.72. The maximum Gasteiger partial charge on any atom is 0.338 e. The van der Waals surface area contributed by atoms with Gasteiger partial charge in [-0.2, -0.15) is 0 Å². The van der Waals surface area contributed by atoms with Crippen LogP contribution >= 0.6 is 23.2 Å². The van der Waals surface area contributed by atoms with E-state index in [0.29, 0.717) is 27.7 Å². The number of nitrogens with zero attached hydrogens (tertiary/aromatic N) is 2. The molecule has 4 nitrogen and oxygen atoms in total. The molecule has 0 aliphatic carbocycles. The zero-order chi connectivity index (χ0) is 20.9. The highest BCUT2D eigenvalue weighted by Crippen LogP contribution is 2.30. The number of carbonyl (C=O) groups excluding carboxylic acids is 1. The maximum atomic E-state index is 12.9. The van der Waals surface area contributed by atoms with E-state index in [1.807, 2.05) is 47.0 Å². The van der Waals surface area contributed by atoms with Gasteiger partial charge >= 0.3 is 5.97 Å². The van der Waals surface area contributed by atoms with E-state index in [1.54, 1.807) is 49.1 Å². The molecular formula is C24H18Cl2N2O2. The second-order valence-electron chi connectivity index (χ2n) is 6.76. The summed E-state index contributed by atoms with van der Waals surface area (Å²) in [6.45, 7) is 0.384. The van der Waals surface area contributed by atoms with Gasteiger partial charge in [-0.05, 0) is 35.4 Å². The molecule has 1 heterocycles. The van der Waals surface area contributed by atoms with E-state index < -0.39 is 12.1 Å². The monoisotopic (exact) mass is 436 g/mol. The van der Waals surface area contributed by atoms with Crippen LogP contribution in [0.3, 0.4) is 0 Å². The number of hydrogen-bond acceptors (Lipinski definition) is 3. The number of imidazole rings is 1. The van der Waals surface area contributed by atoms with Crippen LogP contribution < -0.4 is 0 Å². The Bertz CT molecular complexity index is 1130. The Hall–Kier alpha value is -3.08. The van der Waals surface area contributed by atoms with Crippen molar-refractivity contribution in [1.82, 2.24) is 9.55 Å². The lowest BCUT2D eigenvalue weighted by molar-refractivity contribution is 0.0255. The summed E-state index contributed by atoms with van der Waals surface area (Å²) in [5.74, 6) is -0.425. The highest BCUT2D eigenvalue weighted by Gasteiger charge is 2.21. The molecule has 0 amide bonds. The van der Waals surface area contributed by atoms with Gasteiger partial charge in [-0.15, -0.1) is 0 Å². The predicted molar refractivity (Wildman–Crippen MR) is 119 cm³/mol. The van der Waals surface area contributed by atoms with Gasteiger partial charge in [-0.3, -0.25) is 0 Å². The van der Waals surface area contributed by atoms with Gasteiger partial charge in [-0.1, -0.05) is 71.7 Å². The second kappa shape index (κ2) is 9.16. The quantitative estimate of drug-likeness (QED) is 0.326. The molecule has 1 aromatic heterocycles. The minimum Gasteiger partial charge on any atom is -0.452 e. The van der Waals surface area contributed by atoms with Crippen LogP contribution in [-0.2, 0) is 11.3 Å². The van der Waals surface area contributed by atoms with E-state index in [1.165, 1.54) is 0 Å². The van der Waals surface area contributed by atoms with Gasteiger partial charge < -0.3 is 9.30 Å². The normalized spacial score (nSPS) is 11.8. The molecule has 3 aromatic carbocycles. The minimum atomic E-state index is -0.592. The molecule has 0 aliphatic rings. The van der Waals surface area contributed by atoms with Crippen molar-refractivity contribution in [3.63, 3.8) is 0 Å². The molecule has 0 spiro atoms. The Balaban J connectivity index is 1.56. The van der Waals surface area contributed by atoms with Crippen molar-refractivity contribution in [3.05, 3.63) is 113 Å². The largest absolute Gasteiger partial charge is 0.452 e. The fourth-order valence-electron chi connectivity index (χ4n) is 3.17. The number of benzene rings is 3. The Morgan fingerprint density at radius 2 is 1.70 bits per heavy atom. The van der Waals surface area contributed by atoms with Crippen molar-refractivity contribution in [2.75, 3.05) is 0 Å². The SMILES string of the molecule is O=C(OC(Cn1ccnc1)c1ccc(Cl)cc1Cl)c1ccc(-c2ccccc2)cc1. The van der Waals surface area contributed by atoms with Crippen LogP contribution in [0.15, 0.2) is 91.5 Å². The van der Waals surface area contributed by atoms with Crippen LogP contribution in [0.4, 0.5) is 0 Å². The van der Waals surface area contributed by atoms with Gasteiger partial charge in [0.2, 0.25) is 0 Å². The van der Waals surface area contributed by atoms with Gasteiger partial charge in [0.25, 0.3) is 0 Å². The highest BCUT2D eigenvalue weighted by molar-refractivity contribution is 6.35. The number of ether oxygens (including phenoxy) is 1. The van der Waals surface area contributed by atoms with Crippen molar-refractivity contribution in [1.29, 1.82) is 0 Å². The third-order valence-corrected chi connectivity index (χ3v) is 5.28. The van der Waals surface area contributed by atoms with Gasteiger partial charge in [0.05, 0.1) is 18.4 Å². The van der Waals surface area contributed by atoms with Crippen molar-refractivity contribution in [3.8, 4) is 11.1 Å². The molecule has 0 fully saturated rings. The zero-order valence-corrected chi connectivity index (χ0v) is 17.4. The lowest BCUT2D eigenvalue weighted by atomic mass is 10.0. The summed E-state index contributed by atoms with van der Waals surface area (Å²) in [7, 11) is 0. The van der Waals surface area contributed by atoms with E-state index in [0.717, 1.165) is 11.1 Å². The van der Waals surface area contributed by atoms with E-state index >= 15 is 0 Å². The number of esters is 1. The summed E-state index contributed by atoms with van der Waals surface area (Å²) in [5.41, 5.74) is 3.27. The van der Waals surface area contributed by atoms with Crippen LogP contribution in [0.1, 0.15) is 22.0 Å². The minimum absolute atomic E-state index is 0.384. The molecule has 1 atom stereocenters. The molecule has 30 heavy (non-hydrogen) atoms. The van der Waals surface area contributed by atoms with Gasteiger partial charge in [0, 0.05) is 28.0 Å². The van der Waals surface area contributed by atoms with Crippen LogP contribution in [0, 0.1) is 0 Å². The molecule has 1 unspecified atom stereocenters. The molecule has 0 radical (unpaired) electrons. The number of hydrogen-bond donors (Lipinski definition) is 0. The smallest absolute Gasteiger partial charge is 0.338 e. The van der Waals surface area contributed by atoms with Crippen LogP contribution in [-0.4, -0.2) is 15.5 Å². The van der Waals surface area contributed by atoms with Gasteiger partial charge in [0.15, 0.2) is 0 Å². The second-order valence-corrected chi connectivity index (χ2v) is 7.61. The fraction of sp³-hybridized carbons (Fsp3) is 0.0833. The number of halogens is 2. The molecule has 4 aromatic rings. The molecule has 0 N–H and O–H groups in total. The molecule has 0 aliphatic heterocycles. The Labute approximate surface area is 184 Å². The maximum absolute atomic E-state index is 12.9. The zero-order valence-electron chi connectivity index (χ0n) is 15.9. The first kappa shape index (κ1) is 20.2. The number of carbonyl (C=O) groups is 1. The highest BCUT2D eigenvalue weighted by atomic mass is 35.5. The van der Waals surface area contributed by atoms with Crippen LogP contribution in [0.5, 0.6) is 0 Å². The summed E-state index contributed by atoms with van der Waals surface area (Å²) in [4.78, 5) is 16.9. The first-order valence-electron chi connectivity index (χ1n) is 9.37. The topological polar surface area (TPSA) is 44.1 Å². The van der Waals surface area contributed by atoms with E-state index in [9.17, 15) is 4.79 Å². The first-order valence-corrected chi connectivity index (χ1v) is 10.1. The molecule has 150 valence electrons. The average molecular weight is 437 g/mol. The van der Waals surface area contributed by atoms with Crippen molar-refractivity contribution in [2.45, 2.75) is 12.6 Å². The van der Waals surface area contributed by atoms with Crippen LogP contribution in [0.2, 0.25) is 10.0 Å². The fourth-order valence-corrected chi connectivity index (χ4v) is 3.70. The molecule has 0 saturated carbocycles. The lowest BCUT2D eigenvalue weighted by Crippen LogP contribution is -2.17. The summed E-state index contributed by atoms with van der Waals surface area (Å²) in [6.07, 6.45) is 4.55. The van der Waals surface area contributed by atoms with E-state index in [-0.39, 0.29) is 0 Å². The Kier molecular flexibility index (Phi) is 6.17. The first-order chi connectivity index (χ1) is 14.6. The molecular weight excluding hydrogens is 419 g/mol. The van der Waals surface area contributed by atoms with Crippen molar-refractivity contribution in [2.24, 2.45) is 0 Å². The Morgan fingerprint density at radius 3 is 2.37 bits per heavy atom. The lowest BCUT2D eigenvalue weighted by Gasteiger charge is -2.20. The molecule has 0 saturated heterocycles. The summed E-state index contributed by atoms with van der Waals surface area (Å²) < 4.78 is 7.68. The van der Waals surface area contributed by atoms with Crippen LogP contribution in [0.25, 0.3) is 11.1 Å². The number of rotatable bonds is 6. The number of aromatic nitrogens is 2. The van der Waals surface area contributed by atoms with Crippen molar-refractivity contribution < 1.29 is 9.53 Å². The molecule has 6 heteroatoms. The van der Waals surface area contributed by atoms with Crippen molar-refractivity contribution >= 4 is 29.2 Å². The molecule has 4 rings (SSSR count). The molecule has 0 bridgehead atoms. The summed E-state index contributed by atoms with van der Waals surface area (Å²) in [5, 5.41) is 0.966. The standard InChI is InChI=1S/C24H18Cl2N2O2/c25-20-10-11-21(22(26)14-20)23(15-28-13-12-27-16-28)30-24(29)19-8-6-18(7-9-19)17-4-2-1-3-5-17/h1-14,16,23H,15H2. The third kappa shape index (κ3) is 4.73. The average Bonchev–Trinajstić information content (AvgIpc) is 3.27. The van der Waals surface area contributed by atoms with E-state index in [2.05, 4.69) is 4.98 Å². The summed E-state index contributed by atoms with van der Waals surface area (Å²) >= 11 is 12.4. The van der Waals surface area contributed by atoms with E-state index in [4.69, 9.17) is 27.9 Å². The van der Waals surface area contributed by atoms with Gasteiger partial charge in [0.1, 0.15) is 6.10 Å². The Morgan fingerprint density at radius 1 is 0.967 bits per heavy atom.